The van der Waals surface area contributed by atoms with Gasteiger partial charge < -0.3 is 24.6 Å². The first-order valence-electron chi connectivity index (χ1n) is 11.9. The molecule has 33 heavy (non-hydrogen) atoms. The number of aliphatic hydroxyl groups is 2. The van der Waals surface area contributed by atoms with Crippen molar-refractivity contribution in [3.05, 3.63) is 59.7 Å². The topological polar surface area (TPSA) is 62.2 Å². The van der Waals surface area contributed by atoms with Crippen molar-refractivity contribution >= 4 is 11.6 Å². The van der Waals surface area contributed by atoms with Gasteiger partial charge in [-0.05, 0) is 61.3 Å². The Morgan fingerprint density at radius 3 is 1.61 bits per heavy atom. The number of benzene rings is 2. The number of halogens is 1. The van der Waals surface area contributed by atoms with Crippen molar-refractivity contribution in [3.8, 4) is 11.5 Å². The summed E-state index contributed by atoms with van der Waals surface area (Å²) < 4.78 is 11.4. The lowest BCUT2D eigenvalue weighted by atomic mass is 9.78. The molecule has 0 heterocycles. The van der Waals surface area contributed by atoms with Gasteiger partial charge in [0.2, 0.25) is 0 Å². The molecular weight excluding hydrogens is 438 g/mol. The molecule has 2 atom stereocenters. The number of hydrogen-bond acceptors (Lipinski definition) is 5. The lowest BCUT2D eigenvalue weighted by Gasteiger charge is -2.27. The average Bonchev–Trinajstić information content (AvgIpc) is 2.82. The lowest BCUT2D eigenvalue weighted by molar-refractivity contribution is 0.0681. The van der Waals surface area contributed by atoms with Gasteiger partial charge in [0, 0.05) is 12.0 Å². The molecule has 2 N–H and O–H groups in total. The van der Waals surface area contributed by atoms with Crippen LogP contribution in [0.3, 0.4) is 0 Å². The minimum atomic E-state index is -0.670. The molecule has 0 saturated heterocycles. The van der Waals surface area contributed by atoms with Gasteiger partial charge in [0.15, 0.2) is 0 Å². The highest BCUT2D eigenvalue weighted by atomic mass is 35.5. The van der Waals surface area contributed by atoms with E-state index < -0.39 is 12.2 Å². The van der Waals surface area contributed by atoms with Crippen molar-refractivity contribution in [3.63, 3.8) is 0 Å². The molecule has 0 spiro atoms. The van der Waals surface area contributed by atoms with Gasteiger partial charge in [-0.1, -0.05) is 52.0 Å². The summed E-state index contributed by atoms with van der Waals surface area (Å²) in [5.74, 6) is 1.62. The summed E-state index contributed by atoms with van der Waals surface area (Å²) in [7, 11) is 0. The van der Waals surface area contributed by atoms with Crippen LogP contribution in [0.25, 0.3) is 0 Å². The summed E-state index contributed by atoms with van der Waals surface area (Å²) in [5.41, 5.74) is 2.12. The van der Waals surface area contributed by atoms with Crippen LogP contribution in [-0.4, -0.2) is 66.0 Å². The molecule has 2 aromatic carbocycles. The molecule has 5 nitrogen and oxygen atoms in total. The maximum atomic E-state index is 10.4. The standard InChI is InChI=1S/C27H40ClNO4/c1-5-15-29(16-6-2)18-24(31)20-33-26-13-9-22(10-14-26)27(3,4)21-7-11-25(12-8-21)32-19-23(30)17-28/h7-14,23-24,30-31H,5-6,15-20H2,1-4H3. The normalized spacial score (nSPS) is 13.7. The van der Waals surface area contributed by atoms with Gasteiger partial charge in [-0.3, -0.25) is 0 Å². The van der Waals surface area contributed by atoms with Gasteiger partial charge in [-0.25, -0.2) is 0 Å². The largest absolute Gasteiger partial charge is 0.491 e. The third kappa shape index (κ3) is 8.82. The fourth-order valence-corrected chi connectivity index (χ4v) is 3.90. The Morgan fingerprint density at radius 2 is 1.21 bits per heavy atom. The maximum Gasteiger partial charge on any atom is 0.119 e. The Labute approximate surface area is 204 Å². The fraction of sp³-hybridized carbons (Fsp3) is 0.556. The Kier molecular flexibility index (Phi) is 11.5. The van der Waals surface area contributed by atoms with Crippen LogP contribution in [0.4, 0.5) is 0 Å². The first kappa shape index (κ1) is 27.5. The SMILES string of the molecule is CCCN(CCC)CC(O)COc1ccc(C(C)(C)c2ccc(OCC(O)CCl)cc2)cc1. The van der Waals surface area contributed by atoms with E-state index in [2.05, 4.69) is 44.7 Å². The second-order valence-electron chi connectivity index (χ2n) is 9.06. The Hall–Kier alpha value is -1.79. The molecule has 2 aromatic rings. The van der Waals surface area contributed by atoms with E-state index in [-0.39, 0.29) is 24.5 Å². The number of nitrogens with zero attached hydrogens (tertiary/aromatic N) is 1. The van der Waals surface area contributed by atoms with Crippen LogP contribution in [0, 0.1) is 0 Å². The molecule has 0 aromatic heterocycles. The Morgan fingerprint density at radius 1 is 0.788 bits per heavy atom. The van der Waals surface area contributed by atoms with E-state index in [4.69, 9.17) is 21.1 Å². The fourth-order valence-electron chi connectivity index (χ4n) is 3.81. The summed E-state index contributed by atoms with van der Waals surface area (Å²) in [5, 5.41) is 19.9. The number of rotatable bonds is 15. The second kappa shape index (κ2) is 13.8. The summed E-state index contributed by atoms with van der Waals surface area (Å²) in [4.78, 5) is 2.29. The van der Waals surface area contributed by atoms with Crippen LogP contribution in [-0.2, 0) is 5.41 Å². The van der Waals surface area contributed by atoms with Gasteiger partial charge in [0.25, 0.3) is 0 Å². The molecule has 2 rings (SSSR count). The lowest BCUT2D eigenvalue weighted by Crippen LogP contribution is -2.36. The number of ether oxygens (including phenoxy) is 2. The van der Waals surface area contributed by atoms with Crippen LogP contribution >= 0.6 is 11.6 Å². The zero-order valence-corrected chi connectivity index (χ0v) is 21.2. The van der Waals surface area contributed by atoms with E-state index in [0.29, 0.717) is 12.3 Å². The van der Waals surface area contributed by atoms with E-state index in [1.54, 1.807) is 0 Å². The molecule has 2 unspecified atom stereocenters. The van der Waals surface area contributed by atoms with Gasteiger partial charge in [0.1, 0.15) is 36.9 Å². The van der Waals surface area contributed by atoms with Gasteiger partial charge in [-0.2, -0.15) is 0 Å². The summed E-state index contributed by atoms with van der Waals surface area (Å²) in [6, 6.07) is 16.0. The van der Waals surface area contributed by atoms with Gasteiger partial charge >= 0.3 is 0 Å². The molecule has 0 fully saturated rings. The van der Waals surface area contributed by atoms with Crippen LogP contribution in [0.5, 0.6) is 11.5 Å². The van der Waals surface area contributed by atoms with Gasteiger partial charge in [0.05, 0.1) is 5.88 Å². The zero-order chi connectivity index (χ0) is 24.3. The number of aliphatic hydroxyl groups excluding tert-OH is 2. The molecule has 6 heteroatoms. The first-order valence-corrected chi connectivity index (χ1v) is 12.4. The number of alkyl halides is 1. The van der Waals surface area contributed by atoms with Crippen molar-refractivity contribution in [2.24, 2.45) is 0 Å². The molecule has 0 amide bonds. The summed E-state index contributed by atoms with van der Waals surface area (Å²) >= 11 is 5.61. The minimum absolute atomic E-state index is 0.153. The highest BCUT2D eigenvalue weighted by molar-refractivity contribution is 6.18. The molecule has 0 saturated carbocycles. The third-order valence-electron chi connectivity index (χ3n) is 5.76. The quantitative estimate of drug-likeness (QED) is 0.359. The minimum Gasteiger partial charge on any atom is -0.491 e. The zero-order valence-electron chi connectivity index (χ0n) is 20.5. The third-order valence-corrected chi connectivity index (χ3v) is 6.12. The Balaban J connectivity index is 1.93. The molecule has 0 aliphatic carbocycles. The molecule has 184 valence electrons. The molecule has 0 radical (unpaired) electrons. The van der Waals surface area contributed by atoms with E-state index >= 15 is 0 Å². The first-order chi connectivity index (χ1) is 15.8. The Bertz CT molecular complexity index is 789. The van der Waals surface area contributed by atoms with Crippen molar-refractivity contribution < 1.29 is 19.7 Å². The second-order valence-corrected chi connectivity index (χ2v) is 9.37. The number of hydrogen-bond donors (Lipinski definition) is 2. The molecule has 0 aliphatic heterocycles. The maximum absolute atomic E-state index is 10.4. The van der Waals surface area contributed by atoms with Crippen LogP contribution in [0.15, 0.2) is 48.5 Å². The molecule has 0 bridgehead atoms. The van der Waals surface area contributed by atoms with Crippen LogP contribution in [0.1, 0.15) is 51.7 Å². The predicted molar refractivity (Wildman–Crippen MR) is 136 cm³/mol. The predicted octanol–water partition coefficient (Wildman–Crippen LogP) is 4.85. The molecular formula is C27H40ClNO4. The van der Waals surface area contributed by atoms with E-state index in [0.717, 1.165) is 37.2 Å². The smallest absolute Gasteiger partial charge is 0.119 e. The monoisotopic (exact) mass is 477 g/mol. The average molecular weight is 478 g/mol. The van der Waals surface area contributed by atoms with E-state index in [1.807, 2.05) is 36.4 Å². The van der Waals surface area contributed by atoms with Gasteiger partial charge in [-0.15, -0.1) is 11.6 Å². The van der Waals surface area contributed by atoms with Crippen LogP contribution < -0.4 is 9.47 Å². The summed E-state index contributed by atoms with van der Waals surface area (Å²) in [6.45, 7) is 11.8. The highest BCUT2D eigenvalue weighted by Gasteiger charge is 2.23. The summed E-state index contributed by atoms with van der Waals surface area (Å²) in [6.07, 6.45) is 0.983. The van der Waals surface area contributed by atoms with E-state index in [1.165, 1.54) is 5.56 Å². The highest BCUT2D eigenvalue weighted by Crippen LogP contribution is 2.33. The van der Waals surface area contributed by atoms with E-state index in [9.17, 15) is 10.2 Å². The molecule has 0 aliphatic rings. The van der Waals surface area contributed by atoms with Crippen molar-refractivity contribution in [2.45, 2.75) is 58.2 Å². The van der Waals surface area contributed by atoms with Crippen molar-refractivity contribution in [2.75, 3.05) is 38.7 Å². The van der Waals surface area contributed by atoms with Crippen molar-refractivity contribution in [1.29, 1.82) is 0 Å². The van der Waals surface area contributed by atoms with Crippen molar-refractivity contribution in [1.82, 2.24) is 4.90 Å². The van der Waals surface area contributed by atoms with Crippen LogP contribution in [0.2, 0.25) is 0 Å².